The maximum Gasteiger partial charge on any atom is 0.152 e. The number of aromatic nitrogens is 2. The monoisotopic (exact) mass is 374 g/mol. The molecule has 26 heavy (non-hydrogen) atoms. The topological polar surface area (TPSA) is 66.4 Å². The zero-order chi connectivity index (χ0) is 18.7. The Morgan fingerprint density at radius 1 is 1.15 bits per heavy atom. The summed E-state index contributed by atoms with van der Waals surface area (Å²) in [6, 6.07) is 12.5. The first kappa shape index (κ1) is 18.6. The van der Waals surface area contributed by atoms with E-state index < -0.39 is 9.84 Å². The van der Waals surface area contributed by atoms with Crippen LogP contribution < -0.4 is 9.80 Å². The van der Waals surface area contributed by atoms with E-state index in [0.29, 0.717) is 6.42 Å². The average molecular weight is 375 g/mol. The molecule has 140 valence electrons. The van der Waals surface area contributed by atoms with Crippen LogP contribution in [0.4, 0.5) is 11.6 Å². The highest BCUT2D eigenvalue weighted by Crippen LogP contribution is 2.25. The van der Waals surface area contributed by atoms with Gasteiger partial charge in [-0.05, 0) is 25.8 Å². The minimum atomic E-state index is -2.92. The van der Waals surface area contributed by atoms with Crippen LogP contribution in [0.5, 0.6) is 0 Å². The summed E-state index contributed by atoms with van der Waals surface area (Å²) in [5.74, 6) is 2.06. The predicted octanol–water partition coefficient (Wildman–Crippen LogP) is 2.51. The third kappa shape index (κ3) is 4.33. The molecule has 7 heteroatoms. The van der Waals surface area contributed by atoms with Crippen molar-refractivity contribution in [2.45, 2.75) is 38.9 Å². The van der Waals surface area contributed by atoms with Gasteiger partial charge in [0, 0.05) is 31.7 Å². The minimum Gasteiger partial charge on any atom is -0.355 e. The molecule has 0 radical (unpaired) electrons. The fourth-order valence-corrected chi connectivity index (χ4v) is 5.04. The van der Waals surface area contributed by atoms with Gasteiger partial charge >= 0.3 is 0 Å². The van der Waals surface area contributed by atoms with Gasteiger partial charge in [-0.3, -0.25) is 0 Å². The number of nitrogens with zero attached hydrogens (tertiary/aromatic N) is 4. The first-order valence-electron chi connectivity index (χ1n) is 8.91. The molecule has 0 spiro atoms. The predicted molar refractivity (Wildman–Crippen MR) is 105 cm³/mol. The van der Waals surface area contributed by atoms with Crippen LogP contribution in [-0.2, 0) is 16.4 Å². The van der Waals surface area contributed by atoms with E-state index in [-0.39, 0.29) is 23.6 Å². The average Bonchev–Trinajstić information content (AvgIpc) is 2.99. The summed E-state index contributed by atoms with van der Waals surface area (Å²) < 4.78 is 23.6. The molecule has 1 aliphatic rings. The Bertz CT molecular complexity index is 840. The Kier molecular flexibility index (Phi) is 5.46. The van der Waals surface area contributed by atoms with E-state index in [0.717, 1.165) is 18.2 Å². The maximum atomic E-state index is 11.8. The molecule has 0 amide bonds. The number of sulfone groups is 1. The van der Waals surface area contributed by atoms with Gasteiger partial charge in [0.1, 0.15) is 18.0 Å². The molecule has 2 aromatic rings. The zero-order valence-electron chi connectivity index (χ0n) is 15.5. The number of benzene rings is 1. The van der Waals surface area contributed by atoms with Gasteiger partial charge in [0.15, 0.2) is 9.84 Å². The molecule has 3 rings (SSSR count). The van der Waals surface area contributed by atoms with Crippen LogP contribution in [0.25, 0.3) is 0 Å². The largest absolute Gasteiger partial charge is 0.355 e. The molecule has 1 fully saturated rings. The van der Waals surface area contributed by atoms with Crippen molar-refractivity contribution >= 4 is 21.5 Å². The van der Waals surface area contributed by atoms with Crippen LogP contribution in [0.3, 0.4) is 0 Å². The van der Waals surface area contributed by atoms with Crippen molar-refractivity contribution in [3.63, 3.8) is 0 Å². The molecular weight excluding hydrogens is 348 g/mol. The van der Waals surface area contributed by atoms with E-state index >= 15 is 0 Å². The summed E-state index contributed by atoms with van der Waals surface area (Å²) in [7, 11) is -1.01. The quantitative estimate of drug-likeness (QED) is 0.774. The Balaban J connectivity index is 1.82. The van der Waals surface area contributed by atoms with Crippen molar-refractivity contribution in [3.05, 3.63) is 48.3 Å². The molecule has 2 heterocycles. The molecule has 1 aromatic heterocycles. The molecule has 1 aromatic carbocycles. The van der Waals surface area contributed by atoms with Crippen molar-refractivity contribution in [2.24, 2.45) is 0 Å². The standard InChI is InChI=1S/C19H26N4O2S/c1-15(2)23(12-16-7-5-4-6-8-16)19-11-18(20-14-21-19)22(3)17-9-10-26(24,25)13-17/h4-8,11,14-15,17H,9-10,12-13H2,1-3H3. The van der Waals surface area contributed by atoms with E-state index in [1.165, 1.54) is 5.56 Å². The van der Waals surface area contributed by atoms with E-state index in [4.69, 9.17) is 0 Å². The van der Waals surface area contributed by atoms with Crippen LogP contribution in [-0.4, -0.2) is 49.0 Å². The highest BCUT2D eigenvalue weighted by atomic mass is 32.2. The molecule has 0 aliphatic carbocycles. The summed E-state index contributed by atoms with van der Waals surface area (Å²) in [5, 5.41) is 0. The lowest BCUT2D eigenvalue weighted by atomic mass is 10.2. The van der Waals surface area contributed by atoms with Crippen LogP contribution in [0, 0.1) is 0 Å². The summed E-state index contributed by atoms with van der Waals surface area (Å²) >= 11 is 0. The third-order valence-electron chi connectivity index (χ3n) is 4.87. The van der Waals surface area contributed by atoms with Crippen LogP contribution in [0.2, 0.25) is 0 Å². The molecule has 1 unspecified atom stereocenters. The van der Waals surface area contributed by atoms with Crippen molar-refractivity contribution in [3.8, 4) is 0 Å². The van der Waals surface area contributed by atoms with Crippen LogP contribution in [0.1, 0.15) is 25.8 Å². The molecule has 0 bridgehead atoms. The lowest BCUT2D eigenvalue weighted by Gasteiger charge is -2.30. The lowest BCUT2D eigenvalue weighted by Crippen LogP contribution is -2.34. The Morgan fingerprint density at radius 3 is 2.46 bits per heavy atom. The molecule has 0 saturated carbocycles. The SMILES string of the molecule is CC(C)N(Cc1ccccc1)c1cc(N(C)C2CCS(=O)(=O)C2)ncn1. The van der Waals surface area contributed by atoms with Crippen LogP contribution in [0.15, 0.2) is 42.7 Å². The van der Waals surface area contributed by atoms with E-state index in [1.54, 1.807) is 6.33 Å². The van der Waals surface area contributed by atoms with Crippen molar-refractivity contribution < 1.29 is 8.42 Å². The first-order chi connectivity index (χ1) is 12.4. The zero-order valence-corrected chi connectivity index (χ0v) is 16.4. The van der Waals surface area contributed by atoms with Gasteiger partial charge in [-0.15, -0.1) is 0 Å². The molecule has 6 nitrogen and oxygen atoms in total. The fraction of sp³-hybridized carbons (Fsp3) is 0.474. The minimum absolute atomic E-state index is 0.0237. The summed E-state index contributed by atoms with van der Waals surface area (Å²) in [4.78, 5) is 13.0. The Hall–Kier alpha value is -2.15. The van der Waals surface area contributed by atoms with Crippen molar-refractivity contribution in [1.82, 2.24) is 9.97 Å². The van der Waals surface area contributed by atoms with E-state index in [1.807, 2.05) is 36.2 Å². The van der Waals surface area contributed by atoms with Crippen molar-refractivity contribution in [2.75, 3.05) is 28.4 Å². The number of hydrogen-bond acceptors (Lipinski definition) is 6. The van der Waals surface area contributed by atoms with Crippen LogP contribution >= 0.6 is 0 Å². The van der Waals surface area contributed by atoms with Crippen molar-refractivity contribution in [1.29, 1.82) is 0 Å². The Labute approximate surface area is 155 Å². The smallest absolute Gasteiger partial charge is 0.152 e. The molecule has 0 N–H and O–H groups in total. The van der Waals surface area contributed by atoms with Gasteiger partial charge < -0.3 is 9.80 Å². The molecular formula is C19H26N4O2S. The second-order valence-electron chi connectivity index (χ2n) is 7.11. The normalized spacial score (nSPS) is 18.8. The molecule has 1 atom stereocenters. The van der Waals surface area contributed by atoms with E-state index in [9.17, 15) is 8.42 Å². The van der Waals surface area contributed by atoms with Gasteiger partial charge in [-0.1, -0.05) is 30.3 Å². The van der Waals surface area contributed by atoms with Gasteiger partial charge in [-0.2, -0.15) is 0 Å². The second kappa shape index (κ2) is 7.61. The fourth-order valence-electron chi connectivity index (χ4n) is 3.26. The number of anilines is 2. The second-order valence-corrected chi connectivity index (χ2v) is 9.34. The van der Waals surface area contributed by atoms with Gasteiger partial charge in [0.25, 0.3) is 0 Å². The number of hydrogen-bond donors (Lipinski definition) is 0. The molecule has 1 saturated heterocycles. The Morgan fingerprint density at radius 2 is 1.85 bits per heavy atom. The third-order valence-corrected chi connectivity index (χ3v) is 6.62. The lowest BCUT2D eigenvalue weighted by molar-refractivity contribution is 0.600. The van der Waals surface area contributed by atoms with Gasteiger partial charge in [0.05, 0.1) is 11.5 Å². The summed E-state index contributed by atoms with van der Waals surface area (Å²) in [6.07, 6.45) is 2.21. The first-order valence-corrected chi connectivity index (χ1v) is 10.7. The number of rotatable bonds is 6. The van der Waals surface area contributed by atoms with Gasteiger partial charge in [0.2, 0.25) is 0 Å². The highest BCUT2D eigenvalue weighted by molar-refractivity contribution is 7.91. The summed E-state index contributed by atoms with van der Waals surface area (Å²) in [6.45, 7) is 5.03. The van der Waals surface area contributed by atoms with E-state index in [2.05, 4.69) is 40.8 Å². The molecule has 1 aliphatic heterocycles. The summed E-state index contributed by atoms with van der Waals surface area (Å²) in [5.41, 5.74) is 1.22. The highest BCUT2D eigenvalue weighted by Gasteiger charge is 2.31. The van der Waals surface area contributed by atoms with Gasteiger partial charge in [-0.25, -0.2) is 18.4 Å². The maximum absolute atomic E-state index is 11.8.